The van der Waals surface area contributed by atoms with Crippen LogP contribution in [0.2, 0.25) is 5.02 Å². The number of aromatic nitrogens is 3. The number of carbonyl (C=O) groups excluding carboxylic acids is 1. The van der Waals surface area contributed by atoms with E-state index in [9.17, 15) is 22.4 Å². The highest BCUT2D eigenvalue weighted by molar-refractivity contribution is 9.10. The van der Waals surface area contributed by atoms with Crippen molar-refractivity contribution in [2.75, 3.05) is 14.2 Å². The summed E-state index contributed by atoms with van der Waals surface area (Å²) in [6.45, 7) is 0. The summed E-state index contributed by atoms with van der Waals surface area (Å²) in [4.78, 5) is 18.1. The lowest BCUT2D eigenvalue weighted by molar-refractivity contribution is -0.142. The van der Waals surface area contributed by atoms with E-state index in [1.807, 2.05) is 0 Å². The summed E-state index contributed by atoms with van der Waals surface area (Å²) in [5.41, 5.74) is -2.93. The fourth-order valence-electron chi connectivity index (χ4n) is 3.40. The standard InChI is InChI=1S/C22H14BrClF4N4O3/c1-31(34-2)21(33)17-18(16-13(24)7-5-8-14(16)25)30-35-19(17)11-10-29-32(20(11)22(26,27)28)15-9-4-3-6-12(15)23/h3-10H,1-2H3. The fourth-order valence-corrected chi connectivity index (χ4v) is 4.11. The van der Waals surface area contributed by atoms with Crippen molar-refractivity contribution in [3.63, 3.8) is 0 Å². The summed E-state index contributed by atoms with van der Waals surface area (Å²) in [6.07, 6.45) is -4.05. The van der Waals surface area contributed by atoms with Crippen LogP contribution in [0.5, 0.6) is 0 Å². The summed E-state index contributed by atoms with van der Waals surface area (Å²) in [5.74, 6) is -2.38. The van der Waals surface area contributed by atoms with E-state index in [0.717, 1.165) is 17.3 Å². The molecule has 0 unspecified atom stereocenters. The molecular weight excluding hydrogens is 560 g/mol. The number of alkyl halides is 3. The summed E-state index contributed by atoms with van der Waals surface area (Å²) in [5, 5.41) is 8.23. The predicted molar refractivity (Wildman–Crippen MR) is 121 cm³/mol. The van der Waals surface area contributed by atoms with E-state index in [1.54, 1.807) is 12.1 Å². The van der Waals surface area contributed by atoms with E-state index in [2.05, 4.69) is 26.2 Å². The number of halogens is 6. The molecule has 0 atom stereocenters. The van der Waals surface area contributed by atoms with Crippen molar-refractivity contribution in [3.8, 4) is 28.3 Å². The Morgan fingerprint density at radius 3 is 2.54 bits per heavy atom. The van der Waals surface area contributed by atoms with Crippen LogP contribution in [0.3, 0.4) is 0 Å². The quantitative estimate of drug-likeness (QED) is 0.204. The van der Waals surface area contributed by atoms with Gasteiger partial charge in [0.15, 0.2) is 11.5 Å². The Labute approximate surface area is 208 Å². The normalized spacial score (nSPS) is 11.7. The minimum Gasteiger partial charge on any atom is -0.355 e. The molecule has 2 heterocycles. The van der Waals surface area contributed by atoms with Gasteiger partial charge in [0.1, 0.15) is 17.1 Å². The van der Waals surface area contributed by atoms with E-state index in [4.69, 9.17) is 21.0 Å². The highest BCUT2D eigenvalue weighted by atomic mass is 79.9. The lowest BCUT2D eigenvalue weighted by Crippen LogP contribution is -2.26. The molecule has 0 N–H and O–H groups in total. The molecule has 2 aromatic heterocycles. The summed E-state index contributed by atoms with van der Waals surface area (Å²) >= 11 is 9.35. The number of para-hydroxylation sites is 1. The van der Waals surface area contributed by atoms with Crippen molar-refractivity contribution < 1.29 is 31.7 Å². The van der Waals surface area contributed by atoms with E-state index in [-0.39, 0.29) is 16.3 Å². The van der Waals surface area contributed by atoms with Gasteiger partial charge in [-0.15, -0.1) is 0 Å². The zero-order valence-corrected chi connectivity index (χ0v) is 20.2. The maximum absolute atomic E-state index is 14.7. The first kappa shape index (κ1) is 24.9. The zero-order valence-electron chi connectivity index (χ0n) is 17.9. The first-order valence-electron chi connectivity index (χ1n) is 9.73. The second kappa shape index (κ2) is 9.44. The molecule has 0 saturated heterocycles. The van der Waals surface area contributed by atoms with Gasteiger partial charge < -0.3 is 4.52 Å². The average Bonchev–Trinajstić information content (AvgIpc) is 3.43. The fraction of sp³-hybridized carbons (Fsp3) is 0.136. The molecule has 4 rings (SSSR count). The van der Waals surface area contributed by atoms with Gasteiger partial charge in [0.05, 0.1) is 35.1 Å². The first-order valence-corrected chi connectivity index (χ1v) is 10.9. The lowest BCUT2D eigenvalue weighted by Gasteiger charge is -2.16. The molecule has 0 fully saturated rings. The third-order valence-corrected chi connectivity index (χ3v) is 6.01. The number of hydroxylamine groups is 2. The van der Waals surface area contributed by atoms with Gasteiger partial charge in [0.2, 0.25) is 0 Å². The minimum atomic E-state index is -4.93. The van der Waals surface area contributed by atoms with Gasteiger partial charge in [-0.2, -0.15) is 18.3 Å². The zero-order chi connectivity index (χ0) is 25.5. The highest BCUT2D eigenvalue weighted by Gasteiger charge is 2.42. The van der Waals surface area contributed by atoms with Gasteiger partial charge in [-0.1, -0.05) is 35.0 Å². The molecule has 7 nitrogen and oxygen atoms in total. The molecule has 4 aromatic rings. The molecule has 0 spiro atoms. The second-order valence-corrected chi connectivity index (χ2v) is 8.35. The minimum absolute atomic E-state index is 0.0878. The molecule has 0 radical (unpaired) electrons. The van der Waals surface area contributed by atoms with E-state index in [0.29, 0.717) is 9.15 Å². The summed E-state index contributed by atoms with van der Waals surface area (Å²) in [7, 11) is 2.40. The van der Waals surface area contributed by atoms with E-state index in [1.165, 1.54) is 38.4 Å². The summed E-state index contributed by atoms with van der Waals surface area (Å²) in [6, 6.07) is 9.87. The molecule has 182 valence electrons. The molecule has 35 heavy (non-hydrogen) atoms. The van der Waals surface area contributed by atoms with Crippen LogP contribution in [0.4, 0.5) is 17.6 Å². The van der Waals surface area contributed by atoms with Crippen LogP contribution in [0.15, 0.2) is 57.7 Å². The molecule has 0 bridgehead atoms. The number of rotatable bonds is 5. The first-order chi connectivity index (χ1) is 16.6. The number of nitrogens with zero attached hydrogens (tertiary/aromatic N) is 4. The number of hydrogen-bond acceptors (Lipinski definition) is 5. The Hall–Kier alpha value is -3.22. The topological polar surface area (TPSA) is 73.4 Å². The van der Waals surface area contributed by atoms with Gasteiger partial charge in [-0.05, 0) is 40.2 Å². The maximum Gasteiger partial charge on any atom is 0.434 e. The smallest absolute Gasteiger partial charge is 0.355 e. The number of hydrogen-bond donors (Lipinski definition) is 0. The highest BCUT2D eigenvalue weighted by Crippen LogP contribution is 2.43. The molecule has 0 aliphatic rings. The average molecular weight is 574 g/mol. The Kier molecular flexibility index (Phi) is 6.71. The Morgan fingerprint density at radius 1 is 1.20 bits per heavy atom. The second-order valence-electron chi connectivity index (χ2n) is 7.08. The SMILES string of the molecule is CON(C)C(=O)c1c(-c2c(F)cccc2Cl)noc1-c1cnn(-c2ccccc2Br)c1C(F)(F)F. The molecule has 2 aromatic carbocycles. The van der Waals surface area contributed by atoms with Crippen molar-refractivity contribution in [1.29, 1.82) is 0 Å². The third kappa shape index (κ3) is 4.44. The van der Waals surface area contributed by atoms with Crippen LogP contribution in [0.1, 0.15) is 16.1 Å². The third-order valence-electron chi connectivity index (χ3n) is 5.03. The number of benzene rings is 2. The molecular formula is C22H14BrClF4N4O3. The van der Waals surface area contributed by atoms with Crippen LogP contribution < -0.4 is 0 Å². The molecule has 0 aliphatic carbocycles. The van der Waals surface area contributed by atoms with Gasteiger partial charge in [-0.3, -0.25) is 9.63 Å². The largest absolute Gasteiger partial charge is 0.434 e. The van der Waals surface area contributed by atoms with Crippen LogP contribution in [-0.4, -0.2) is 40.1 Å². The Morgan fingerprint density at radius 2 is 1.91 bits per heavy atom. The molecule has 0 aliphatic heterocycles. The van der Waals surface area contributed by atoms with Crippen molar-refractivity contribution in [2.24, 2.45) is 0 Å². The van der Waals surface area contributed by atoms with E-state index < -0.39 is 46.2 Å². The van der Waals surface area contributed by atoms with Crippen LogP contribution in [0.25, 0.3) is 28.3 Å². The van der Waals surface area contributed by atoms with Crippen molar-refractivity contribution in [1.82, 2.24) is 20.0 Å². The van der Waals surface area contributed by atoms with Crippen LogP contribution in [-0.2, 0) is 11.0 Å². The summed E-state index contributed by atoms with van der Waals surface area (Å²) < 4.78 is 63.9. The Balaban J connectivity index is 2.04. The van der Waals surface area contributed by atoms with E-state index >= 15 is 0 Å². The van der Waals surface area contributed by atoms with Crippen molar-refractivity contribution in [3.05, 3.63) is 75.2 Å². The molecule has 1 amide bonds. The van der Waals surface area contributed by atoms with Gasteiger partial charge in [-0.25, -0.2) is 14.1 Å². The van der Waals surface area contributed by atoms with Crippen LogP contribution >= 0.6 is 27.5 Å². The van der Waals surface area contributed by atoms with Crippen LogP contribution in [0, 0.1) is 5.82 Å². The van der Waals surface area contributed by atoms with Gasteiger partial charge in [0.25, 0.3) is 5.91 Å². The Bertz CT molecular complexity index is 1400. The number of carbonyl (C=O) groups is 1. The lowest BCUT2D eigenvalue weighted by atomic mass is 10.0. The van der Waals surface area contributed by atoms with Gasteiger partial charge in [0, 0.05) is 11.5 Å². The van der Waals surface area contributed by atoms with Crippen molar-refractivity contribution >= 4 is 33.4 Å². The number of amides is 1. The van der Waals surface area contributed by atoms with Gasteiger partial charge >= 0.3 is 6.18 Å². The maximum atomic E-state index is 14.7. The van der Waals surface area contributed by atoms with Crippen molar-refractivity contribution in [2.45, 2.75) is 6.18 Å². The molecule has 13 heteroatoms. The molecule has 0 saturated carbocycles. The monoisotopic (exact) mass is 572 g/mol. The predicted octanol–water partition coefficient (Wildman–Crippen LogP) is 6.40.